The highest BCUT2D eigenvalue weighted by molar-refractivity contribution is 5.94. The van der Waals surface area contributed by atoms with Crippen LogP contribution in [0.3, 0.4) is 0 Å². The lowest BCUT2D eigenvalue weighted by atomic mass is 10.1. The van der Waals surface area contributed by atoms with Gasteiger partial charge in [0.05, 0.1) is 24.3 Å². The summed E-state index contributed by atoms with van der Waals surface area (Å²) in [5.41, 5.74) is 2.71. The number of aromatic nitrogens is 2. The van der Waals surface area contributed by atoms with Gasteiger partial charge in [0.1, 0.15) is 11.5 Å². The van der Waals surface area contributed by atoms with Gasteiger partial charge in [-0.25, -0.2) is 4.39 Å². The zero-order chi connectivity index (χ0) is 19.1. The third kappa shape index (κ3) is 2.99. The van der Waals surface area contributed by atoms with Gasteiger partial charge in [-0.3, -0.25) is 14.7 Å². The van der Waals surface area contributed by atoms with Crippen LogP contribution < -0.4 is 0 Å². The van der Waals surface area contributed by atoms with Crippen molar-refractivity contribution in [2.24, 2.45) is 0 Å². The Hall–Kier alpha value is -2.99. The first kappa shape index (κ1) is 17.1. The number of hydrogen-bond acceptors (Lipinski definition) is 3. The van der Waals surface area contributed by atoms with Gasteiger partial charge in [-0.15, -0.1) is 0 Å². The summed E-state index contributed by atoms with van der Waals surface area (Å²) in [5.74, 6) is -0.163. The highest BCUT2D eigenvalue weighted by Crippen LogP contribution is 2.35. The quantitative estimate of drug-likeness (QED) is 0.703. The van der Waals surface area contributed by atoms with E-state index in [-0.39, 0.29) is 23.8 Å². The molecular formula is C22H21FN4O. The molecular weight excluding hydrogens is 355 g/mol. The molecule has 2 aliphatic rings. The first-order chi connectivity index (χ1) is 13.7. The number of nitrogens with zero attached hydrogens (tertiary/aromatic N) is 4. The lowest BCUT2D eigenvalue weighted by Gasteiger charge is -2.38. The predicted molar refractivity (Wildman–Crippen MR) is 103 cm³/mol. The number of benzene rings is 1. The number of hydrogen-bond donors (Lipinski definition) is 0. The van der Waals surface area contributed by atoms with E-state index in [1.807, 2.05) is 53.6 Å². The van der Waals surface area contributed by atoms with Crippen LogP contribution in [0.1, 0.15) is 27.8 Å². The maximum absolute atomic E-state index is 13.2. The van der Waals surface area contributed by atoms with Gasteiger partial charge in [-0.05, 0) is 42.0 Å². The van der Waals surface area contributed by atoms with E-state index in [9.17, 15) is 9.18 Å². The number of fused-ring (bicyclic) bond motifs is 3. The Balaban J connectivity index is 1.42. The van der Waals surface area contributed by atoms with Crippen LogP contribution in [0, 0.1) is 5.82 Å². The molecule has 2 aliphatic heterocycles. The van der Waals surface area contributed by atoms with Crippen molar-refractivity contribution < 1.29 is 9.18 Å². The summed E-state index contributed by atoms with van der Waals surface area (Å²) in [6, 6.07) is 16.6. The van der Waals surface area contributed by atoms with E-state index < -0.39 is 0 Å². The molecule has 1 saturated heterocycles. The highest BCUT2D eigenvalue weighted by Gasteiger charge is 2.44. The average Bonchev–Trinajstić information content (AvgIpc) is 3.35. The van der Waals surface area contributed by atoms with Crippen molar-refractivity contribution in [3.8, 4) is 0 Å². The molecule has 0 spiro atoms. The summed E-state index contributed by atoms with van der Waals surface area (Å²) in [5, 5.41) is 0. The maximum Gasteiger partial charge on any atom is 0.271 e. The maximum atomic E-state index is 13.2. The molecule has 0 saturated carbocycles. The second-order valence-electron chi connectivity index (χ2n) is 7.51. The van der Waals surface area contributed by atoms with Crippen LogP contribution >= 0.6 is 0 Å². The summed E-state index contributed by atoms with van der Waals surface area (Å²) >= 11 is 0. The molecule has 6 heteroatoms. The largest absolute Gasteiger partial charge is 0.337 e. The average molecular weight is 376 g/mol. The summed E-state index contributed by atoms with van der Waals surface area (Å²) in [6.45, 7) is 2.90. The van der Waals surface area contributed by atoms with Crippen LogP contribution in [0.15, 0.2) is 67.0 Å². The first-order valence-electron chi connectivity index (χ1n) is 9.53. The van der Waals surface area contributed by atoms with E-state index in [0.717, 1.165) is 36.6 Å². The Bertz CT molecular complexity index is 985. The predicted octanol–water partition coefficient (Wildman–Crippen LogP) is 3.10. The van der Waals surface area contributed by atoms with Crippen molar-refractivity contribution >= 4 is 5.91 Å². The molecule has 1 aromatic carbocycles. The van der Waals surface area contributed by atoms with Crippen LogP contribution in [-0.2, 0) is 13.1 Å². The molecule has 0 bridgehead atoms. The smallest absolute Gasteiger partial charge is 0.271 e. The Kier molecular flexibility index (Phi) is 4.20. The van der Waals surface area contributed by atoms with Gasteiger partial charge in [0, 0.05) is 32.0 Å². The minimum Gasteiger partial charge on any atom is -0.337 e. The molecule has 142 valence electrons. The Labute approximate surface area is 163 Å². The van der Waals surface area contributed by atoms with E-state index >= 15 is 0 Å². The lowest BCUT2D eigenvalue weighted by molar-refractivity contribution is 0.0553. The van der Waals surface area contributed by atoms with Crippen LogP contribution in [0.2, 0.25) is 0 Å². The zero-order valence-corrected chi connectivity index (χ0v) is 15.4. The number of halogens is 1. The second kappa shape index (κ2) is 6.87. The molecule has 4 heterocycles. The van der Waals surface area contributed by atoms with Crippen molar-refractivity contribution in [2.45, 2.75) is 25.2 Å². The number of amides is 1. The zero-order valence-electron chi connectivity index (χ0n) is 15.4. The van der Waals surface area contributed by atoms with Crippen LogP contribution in [-0.4, -0.2) is 44.4 Å². The van der Waals surface area contributed by atoms with Crippen molar-refractivity contribution in [1.29, 1.82) is 0 Å². The van der Waals surface area contributed by atoms with Crippen LogP contribution in [0.5, 0.6) is 0 Å². The topological polar surface area (TPSA) is 41.4 Å². The van der Waals surface area contributed by atoms with Crippen LogP contribution in [0.4, 0.5) is 4.39 Å². The van der Waals surface area contributed by atoms with E-state index in [4.69, 9.17) is 0 Å². The molecule has 5 nitrogen and oxygen atoms in total. The minimum atomic E-state index is -0.219. The summed E-state index contributed by atoms with van der Waals surface area (Å²) in [6.07, 6.45) is 3.77. The van der Waals surface area contributed by atoms with Gasteiger partial charge in [0.15, 0.2) is 0 Å². The Morgan fingerprint density at radius 1 is 0.964 bits per heavy atom. The van der Waals surface area contributed by atoms with E-state index in [1.54, 1.807) is 6.20 Å². The first-order valence-corrected chi connectivity index (χ1v) is 9.53. The summed E-state index contributed by atoms with van der Waals surface area (Å²) in [7, 11) is 0. The van der Waals surface area contributed by atoms with Crippen molar-refractivity contribution in [2.75, 3.05) is 13.1 Å². The normalized spacial score (nSPS) is 21.6. The van der Waals surface area contributed by atoms with E-state index in [2.05, 4.69) is 14.5 Å². The fourth-order valence-corrected chi connectivity index (χ4v) is 4.42. The van der Waals surface area contributed by atoms with Gasteiger partial charge >= 0.3 is 0 Å². The molecule has 1 amide bonds. The summed E-state index contributed by atoms with van der Waals surface area (Å²) < 4.78 is 15.3. The molecule has 0 aliphatic carbocycles. The standard InChI is InChI=1S/C22H21FN4O/c23-17-8-6-16(7-9-17)12-25-14-20-21(15-25)27(13-18-4-1-2-10-24-18)22(28)19-5-3-11-26(19)20/h1-11,20-21H,12-15H2/t20-,21+/m0/s1. The highest BCUT2D eigenvalue weighted by atomic mass is 19.1. The molecule has 2 atom stereocenters. The second-order valence-corrected chi connectivity index (χ2v) is 7.51. The molecule has 0 radical (unpaired) electrons. The third-order valence-corrected chi connectivity index (χ3v) is 5.73. The molecule has 1 fully saturated rings. The number of carbonyl (C=O) groups is 1. The molecule has 0 N–H and O–H groups in total. The van der Waals surface area contributed by atoms with Gasteiger partial charge in [-0.1, -0.05) is 18.2 Å². The number of rotatable bonds is 4. The molecule has 2 aromatic heterocycles. The SMILES string of the molecule is O=C1c2cccn2[C@H]2CN(Cc3ccc(F)cc3)C[C@H]2N1Cc1ccccn1. The Morgan fingerprint density at radius 3 is 2.57 bits per heavy atom. The molecule has 0 unspecified atom stereocenters. The molecule has 5 rings (SSSR count). The fraction of sp³-hybridized carbons (Fsp3) is 0.273. The van der Waals surface area contributed by atoms with E-state index in [1.165, 1.54) is 12.1 Å². The number of pyridine rings is 1. The molecule has 28 heavy (non-hydrogen) atoms. The van der Waals surface area contributed by atoms with Gasteiger partial charge in [0.2, 0.25) is 0 Å². The Morgan fingerprint density at radius 2 is 1.79 bits per heavy atom. The lowest BCUT2D eigenvalue weighted by Crippen LogP contribution is -2.49. The third-order valence-electron chi connectivity index (χ3n) is 5.73. The van der Waals surface area contributed by atoms with E-state index in [0.29, 0.717) is 6.54 Å². The van der Waals surface area contributed by atoms with Gasteiger partial charge in [0.25, 0.3) is 5.91 Å². The number of likely N-dealkylation sites (tertiary alicyclic amines) is 1. The van der Waals surface area contributed by atoms with Gasteiger partial charge in [-0.2, -0.15) is 0 Å². The minimum absolute atomic E-state index is 0.0561. The van der Waals surface area contributed by atoms with Gasteiger partial charge < -0.3 is 9.47 Å². The number of carbonyl (C=O) groups excluding carboxylic acids is 1. The van der Waals surface area contributed by atoms with Crippen molar-refractivity contribution in [3.63, 3.8) is 0 Å². The van der Waals surface area contributed by atoms with Crippen molar-refractivity contribution in [1.82, 2.24) is 19.4 Å². The monoisotopic (exact) mass is 376 g/mol. The fourth-order valence-electron chi connectivity index (χ4n) is 4.42. The van der Waals surface area contributed by atoms with Crippen LogP contribution in [0.25, 0.3) is 0 Å². The van der Waals surface area contributed by atoms with Crippen molar-refractivity contribution in [3.05, 3.63) is 89.8 Å². The molecule has 3 aromatic rings. The summed E-state index contributed by atoms with van der Waals surface area (Å²) in [4.78, 5) is 21.9.